The number of fused-ring (bicyclic) bond motifs is 3. The monoisotopic (exact) mass is 434 g/mol. The molecule has 1 saturated heterocycles. The van der Waals surface area contributed by atoms with Gasteiger partial charge in [0.2, 0.25) is 10.0 Å². The highest BCUT2D eigenvalue weighted by Gasteiger charge is 2.48. The molecule has 0 amide bonds. The largest absolute Gasteiger partial charge is 0.497 e. The summed E-state index contributed by atoms with van der Waals surface area (Å²) < 4.78 is 34.6. The lowest BCUT2D eigenvalue weighted by molar-refractivity contribution is 0.154. The van der Waals surface area contributed by atoms with Crippen molar-refractivity contribution in [3.05, 3.63) is 95.1 Å². The molecule has 0 radical (unpaired) electrons. The summed E-state index contributed by atoms with van der Waals surface area (Å²) in [7, 11) is -2.03. The van der Waals surface area contributed by atoms with Crippen molar-refractivity contribution >= 4 is 10.0 Å². The third-order valence-electron chi connectivity index (χ3n) is 6.44. The minimum atomic E-state index is -3.67. The summed E-state index contributed by atoms with van der Waals surface area (Å²) in [6, 6.07) is 23.3. The summed E-state index contributed by atoms with van der Waals surface area (Å²) in [5, 5.41) is 0. The van der Waals surface area contributed by atoms with Crippen LogP contribution < -0.4 is 4.74 Å². The molecular formula is C25H26N2O3S. The average molecular weight is 435 g/mol. The minimum absolute atomic E-state index is 0.0391. The van der Waals surface area contributed by atoms with Crippen LogP contribution in [0.5, 0.6) is 5.75 Å². The van der Waals surface area contributed by atoms with E-state index in [9.17, 15) is 8.42 Å². The van der Waals surface area contributed by atoms with Crippen molar-refractivity contribution in [2.24, 2.45) is 0 Å². The van der Waals surface area contributed by atoms with Crippen LogP contribution in [0, 0.1) is 6.92 Å². The Labute approximate surface area is 183 Å². The highest BCUT2D eigenvalue weighted by molar-refractivity contribution is 7.89. The highest BCUT2D eigenvalue weighted by Crippen LogP contribution is 2.46. The van der Waals surface area contributed by atoms with Crippen molar-refractivity contribution in [2.75, 3.05) is 20.2 Å². The lowest BCUT2D eigenvalue weighted by Gasteiger charge is -2.35. The second-order valence-corrected chi connectivity index (χ2v) is 10.1. The molecule has 31 heavy (non-hydrogen) atoms. The number of rotatable bonds is 4. The summed E-state index contributed by atoms with van der Waals surface area (Å²) in [6.07, 6.45) is 0.563. The van der Waals surface area contributed by atoms with Crippen LogP contribution in [0.4, 0.5) is 0 Å². The van der Waals surface area contributed by atoms with Gasteiger partial charge in [0, 0.05) is 13.1 Å². The van der Waals surface area contributed by atoms with E-state index < -0.39 is 10.0 Å². The molecule has 0 saturated carbocycles. The first-order chi connectivity index (χ1) is 15.0. The van der Waals surface area contributed by atoms with Gasteiger partial charge >= 0.3 is 0 Å². The number of hydrogen-bond donors (Lipinski definition) is 0. The molecule has 0 bridgehead atoms. The van der Waals surface area contributed by atoms with Crippen molar-refractivity contribution in [1.29, 1.82) is 0 Å². The fraction of sp³-hybridized carbons (Fsp3) is 0.280. The van der Waals surface area contributed by atoms with E-state index in [0.29, 0.717) is 11.4 Å². The topological polar surface area (TPSA) is 49.9 Å². The third kappa shape index (κ3) is 3.45. The van der Waals surface area contributed by atoms with E-state index in [-0.39, 0.29) is 12.2 Å². The van der Waals surface area contributed by atoms with Crippen molar-refractivity contribution in [1.82, 2.24) is 9.21 Å². The van der Waals surface area contributed by atoms with Crippen LogP contribution >= 0.6 is 0 Å². The van der Waals surface area contributed by atoms with Crippen LogP contribution in [0.2, 0.25) is 0 Å². The zero-order valence-electron chi connectivity index (χ0n) is 17.7. The molecule has 2 aliphatic rings. The smallest absolute Gasteiger partial charge is 0.244 e. The van der Waals surface area contributed by atoms with Crippen LogP contribution in [0.3, 0.4) is 0 Å². The maximum atomic E-state index is 13.8. The van der Waals surface area contributed by atoms with E-state index in [1.165, 1.54) is 11.1 Å². The molecule has 2 atom stereocenters. The molecular weight excluding hydrogens is 408 g/mol. The Bertz CT molecular complexity index is 1190. The fourth-order valence-electron chi connectivity index (χ4n) is 4.81. The Morgan fingerprint density at radius 1 is 0.935 bits per heavy atom. The third-order valence-corrected chi connectivity index (χ3v) is 8.27. The Kier molecular flexibility index (Phi) is 5.08. The van der Waals surface area contributed by atoms with Crippen molar-refractivity contribution in [2.45, 2.75) is 30.4 Å². The molecule has 6 heteroatoms. The molecule has 0 spiro atoms. The van der Waals surface area contributed by atoms with Gasteiger partial charge in [0.05, 0.1) is 18.0 Å². The Hall–Kier alpha value is -2.67. The number of methoxy groups -OCH3 is 1. The lowest BCUT2D eigenvalue weighted by Crippen LogP contribution is -2.37. The molecule has 5 nitrogen and oxygen atoms in total. The molecule has 0 N–H and O–H groups in total. The van der Waals surface area contributed by atoms with Crippen LogP contribution in [0.15, 0.2) is 77.7 Å². The number of benzene rings is 3. The predicted molar refractivity (Wildman–Crippen MR) is 120 cm³/mol. The molecule has 2 heterocycles. The van der Waals surface area contributed by atoms with E-state index in [1.54, 1.807) is 23.5 Å². The highest BCUT2D eigenvalue weighted by atomic mass is 32.2. The number of hydrogen-bond acceptors (Lipinski definition) is 4. The predicted octanol–water partition coefficient (Wildman–Crippen LogP) is 4.31. The molecule has 5 rings (SSSR count). The first-order valence-corrected chi connectivity index (χ1v) is 12.0. The summed E-state index contributed by atoms with van der Waals surface area (Å²) in [4.78, 5) is 2.67. The lowest BCUT2D eigenvalue weighted by atomic mass is 9.93. The van der Waals surface area contributed by atoms with Gasteiger partial charge in [-0.2, -0.15) is 4.31 Å². The summed E-state index contributed by atoms with van der Waals surface area (Å²) in [5.74, 6) is 0.759. The zero-order valence-corrected chi connectivity index (χ0v) is 18.5. The number of sulfonamides is 1. The summed E-state index contributed by atoms with van der Waals surface area (Å²) >= 11 is 0. The molecule has 0 aromatic heterocycles. The first kappa shape index (κ1) is 20.2. The SMILES string of the molecule is COc1ccc(C2N3CCc4ccccc4C3CN2S(=O)(=O)c2ccc(C)cc2)cc1. The molecule has 3 aromatic rings. The molecule has 3 aromatic carbocycles. The molecule has 0 aliphatic carbocycles. The van der Waals surface area contributed by atoms with Crippen molar-refractivity contribution in [3.63, 3.8) is 0 Å². The van der Waals surface area contributed by atoms with Crippen LogP contribution in [-0.4, -0.2) is 37.8 Å². The average Bonchev–Trinajstić information content (AvgIpc) is 3.20. The van der Waals surface area contributed by atoms with E-state index in [1.807, 2.05) is 49.4 Å². The second-order valence-electron chi connectivity index (χ2n) is 8.24. The van der Waals surface area contributed by atoms with Gasteiger partial charge in [0.15, 0.2) is 0 Å². The quantitative estimate of drug-likeness (QED) is 0.614. The number of nitrogens with zero attached hydrogens (tertiary/aromatic N) is 2. The fourth-order valence-corrected chi connectivity index (χ4v) is 6.41. The standard InChI is InChI=1S/C25H26N2O3S/c1-18-7-13-22(14-8-18)31(28,29)27-17-24-23-6-4-3-5-19(23)15-16-26(24)25(27)20-9-11-21(30-2)12-10-20/h3-14,24-25H,15-17H2,1-2H3. The summed E-state index contributed by atoms with van der Waals surface area (Å²) in [5.41, 5.74) is 4.54. The van der Waals surface area contributed by atoms with Gasteiger partial charge in [-0.25, -0.2) is 8.42 Å². The molecule has 1 fully saturated rings. The van der Waals surface area contributed by atoms with Crippen LogP contribution in [0.25, 0.3) is 0 Å². The maximum absolute atomic E-state index is 13.8. The molecule has 160 valence electrons. The Balaban J connectivity index is 1.61. The van der Waals surface area contributed by atoms with E-state index >= 15 is 0 Å². The van der Waals surface area contributed by atoms with Gasteiger partial charge < -0.3 is 4.74 Å². The van der Waals surface area contributed by atoms with Gasteiger partial charge in [0.1, 0.15) is 11.9 Å². The van der Waals surface area contributed by atoms with Gasteiger partial charge in [0.25, 0.3) is 0 Å². The van der Waals surface area contributed by atoms with Gasteiger partial charge in [-0.15, -0.1) is 0 Å². The van der Waals surface area contributed by atoms with Crippen molar-refractivity contribution in [3.8, 4) is 5.75 Å². The van der Waals surface area contributed by atoms with E-state index in [4.69, 9.17) is 4.74 Å². The normalized spacial score (nSPS) is 21.5. The van der Waals surface area contributed by atoms with E-state index in [2.05, 4.69) is 23.1 Å². The Morgan fingerprint density at radius 3 is 2.35 bits per heavy atom. The number of ether oxygens (including phenoxy) is 1. The molecule has 2 unspecified atom stereocenters. The van der Waals surface area contributed by atoms with Gasteiger partial charge in [-0.1, -0.05) is 54.1 Å². The maximum Gasteiger partial charge on any atom is 0.244 e. The second kappa shape index (κ2) is 7.79. The number of aryl methyl sites for hydroxylation is 1. The van der Waals surface area contributed by atoms with Gasteiger partial charge in [-0.05, 0) is 54.3 Å². The zero-order chi connectivity index (χ0) is 21.6. The van der Waals surface area contributed by atoms with Crippen molar-refractivity contribution < 1.29 is 13.2 Å². The molecule has 2 aliphatic heterocycles. The van der Waals surface area contributed by atoms with Crippen LogP contribution in [0.1, 0.15) is 34.5 Å². The minimum Gasteiger partial charge on any atom is -0.497 e. The first-order valence-electron chi connectivity index (χ1n) is 10.5. The van der Waals surface area contributed by atoms with E-state index in [0.717, 1.165) is 29.8 Å². The van der Waals surface area contributed by atoms with Gasteiger partial charge in [-0.3, -0.25) is 4.90 Å². The summed E-state index contributed by atoms with van der Waals surface area (Å²) in [6.45, 7) is 3.21. The Morgan fingerprint density at radius 2 is 1.65 bits per heavy atom. The van der Waals surface area contributed by atoms with Crippen LogP contribution in [-0.2, 0) is 16.4 Å².